The lowest BCUT2D eigenvalue weighted by atomic mass is 10.2. The summed E-state index contributed by atoms with van der Waals surface area (Å²) in [6.45, 7) is 0. The van der Waals surface area contributed by atoms with Gasteiger partial charge in [-0.05, 0) is 23.8 Å². The molecule has 0 fully saturated rings. The predicted molar refractivity (Wildman–Crippen MR) is 74.1 cm³/mol. The average molecular weight is 286 g/mol. The van der Waals surface area contributed by atoms with E-state index in [4.69, 9.17) is 9.84 Å². The molecule has 1 N–H and O–H groups in total. The first-order chi connectivity index (χ1) is 10.1. The van der Waals surface area contributed by atoms with Crippen LogP contribution in [0.15, 0.2) is 48.7 Å². The van der Waals surface area contributed by atoms with E-state index in [-0.39, 0.29) is 17.3 Å². The molecule has 2 aromatic rings. The Balaban J connectivity index is 2.18. The van der Waals surface area contributed by atoms with Gasteiger partial charge >= 0.3 is 11.7 Å². The van der Waals surface area contributed by atoms with Crippen LogP contribution < -0.4 is 4.74 Å². The molecule has 0 amide bonds. The summed E-state index contributed by atoms with van der Waals surface area (Å²) < 4.78 is 5.36. The number of nitro groups is 1. The van der Waals surface area contributed by atoms with E-state index in [2.05, 4.69) is 4.98 Å². The Kier molecular flexibility index (Phi) is 4.25. The molecule has 1 aromatic heterocycles. The number of para-hydroxylation sites is 2. The SMILES string of the molecule is O=C(O)/C=C/c1ccc(Oc2ccccc2[N+](=O)[O-])nc1. The van der Waals surface area contributed by atoms with Crippen molar-refractivity contribution in [3.05, 3.63) is 64.3 Å². The minimum atomic E-state index is -1.06. The van der Waals surface area contributed by atoms with Gasteiger partial charge in [0.2, 0.25) is 11.6 Å². The highest BCUT2D eigenvalue weighted by Gasteiger charge is 2.14. The van der Waals surface area contributed by atoms with Crippen molar-refractivity contribution in [2.75, 3.05) is 0 Å². The van der Waals surface area contributed by atoms with Crippen LogP contribution in [0.4, 0.5) is 5.69 Å². The number of carboxylic acid groups (broad SMARTS) is 1. The first kappa shape index (κ1) is 14.2. The molecule has 0 unspecified atom stereocenters. The van der Waals surface area contributed by atoms with Crippen LogP contribution in [0.2, 0.25) is 0 Å². The molecular formula is C14H10N2O5. The number of pyridine rings is 1. The van der Waals surface area contributed by atoms with Gasteiger partial charge in [0, 0.05) is 24.4 Å². The van der Waals surface area contributed by atoms with Gasteiger partial charge in [0.15, 0.2) is 0 Å². The van der Waals surface area contributed by atoms with Gasteiger partial charge in [0.05, 0.1) is 4.92 Å². The van der Waals surface area contributed by atoms with Crippen molar-refractivity contribution in [1.29, 1.82) is 0 Å². The van der Waals surface area contributed by atoms with E-state index in [0.29, 0.717) is 5.56 Å². The largest absolute Gasteiger partial charge is 0.478 e. The first-order valence-electron chi connectivity index (χ1n) is 5.84. The lowest BCUT2D eigenvalue weighted by Crippen LogP contribution is -1.94. The van der Waals surface area contributed by atoms with Gasteiger partial charge in [-0.3, -0.25) is 10.1 Å². The average Bonchev–Trinajstić information content (AvgIpc) is 2.47. The Morgan fingerprint density at radius 1 is 1.29 bits per heavy atom. The molecule has 0 saturated heterocycles. The van der Waals surface area contributed by atoms with E-state index >= 15 is 0 Å². The molecule has 21 heavy (non-hydrogen) atoms. The molecule has 7 nitrogen and oxygen atoms in total. The van der Waals surface area contributed by atoms with Gasteiger partial charge < -0.3 is 9.84 Å². The summed E-state index contributed by atoms with van der Waals surface area (Å²) >= 11 is 0. The van der Waals surface area contributed by atoms with Crippen LogP contribution in [0.25, 0.3) is 6.08 Å². The number of carbonyl (C=O) groups is 1. The molecule has 0 bridgehead atoms. The summed E-state index contributed by atoms with van der Waals surface area (Å²) in [5.74, 6) is -0.796. The summed E-state index contributed by atoms with van der Waals surface area (Å²) in [6, 6.07) is 9.05. The number of hydrogen-bond donors (Lipinski definition) is 1. The molecule has 106 valence electrons. The molecule has 0 saturated carbocycles. The van der Waals surface area contributed by atoms with E-state index < -0.39 is 10.9 Å². The van der Waals surface area contributed by atoms with Crippen molar-refractivity contribution < 1.29 is 19.6 Å². The number of carboxylic acids is 1. The highest BCUT2D eigenvalue weighted by atomic mass is 16.6. The molecule has 0 aliphatic carbocycles. The van der Waals surface area contributed by atoms with E-state index in [1.54, 1.807) is 12.1 Å². The van der Waals surface area contributed by atoms with Crippen LogP contribution in [-0.4, -0.2) is 21.0 Å². The Morgan fingerprint density at radius 2 is 2.05 bits per heavy atom. The van der Waals surface area contributed by atoms with Gasteiger partial charge in [-0.15, -0.1) is 0 Å². The highest BCUT2D eigenvalue weighted by molar-refractivity contribution is 5.85. The summed E-state index contributed by atoms with van der Waals surface area (Å²) in [5.41, 5.74) is 0.418. The molecule has 1 aromatic carbocycles. The van der Waals surface area contributed by atoms with Gasteiger partial charge in [0.25, 0.3) is 0 Å². The molecule has 7 heteroatoms. The van der Waals surface area contributed by atoms with E-state index in [1.165, 1.54) is 36.5 Å². The van der Waals surface area contributed by atoms with Crippen molar-refractivity contribution in [2.45, 2.75) is 0 Å². The molecule has 0 aliphatic rings. The Hall–Kier alpha value is -3.22. The second kappa shape index (κ2) is 6.29. The molecule has 0 aliphatic heterocycles. The molecule has 1 heterocycles. The van der Waals surface area contributed by atoms with Crippen LogP contribution in [0.3, 0.4) is 0 Å². The lowest BCUT2D eigenvalue weighted by Gasteiger charge is -2.05. The number of benzene rings is 1. The fourth-order valence-corrected chi connectivity index (χ4v) is 1.53. The fourth-order valence-electron chi connectivity index (χ4n) is 1.53. The second-order valence-corrected chi connectivity index (χ2v) is 3.93. The topological polar surface area (TPSA) is 103 Å². The number of nitro benzene ring substituents is 1. The number of rotatable bonds is 5. The van der Waals surface area contributed by atoms with E-state index in [9.17, 15) is 14.9 Å². The Bertz CT molecular complexity index is 695. The van der Waals surface area contributed by atoms with E-state index in [1.807, 2.05) is 0 Å². The maximum atomic E-state index is 10.9. The van der Waals surface area contributed by atoms with Crippen molar-refractivity contribution in [2.24, 2.45) is 0 Å². The quantitative estimate of drug-likeness (QED) is 0.515. The van der Waals surface area contributed by atoms with E-state index in [0.717, 1.165) is 6.08 Å². The number of hydrogen-bond acceptors (Lipinski definition) is 5. The normalized spacial score (nSPS) is 10.5. The number of ether oxygens (including phenoxy) is 1. The highest BCUT2D eigenvalue weighted by Crippen LogP contribution is 2.29. The van der Waals surface area contributed by atoms with Crippen LogP contribution in [0, 0.1) is 10.1 Å². The zero-order valence-electron chi connectivity index (χ0n) is 10.7. The smallest absolute Gasteiger partial charge is 0.328 e. The maximum absolute atomic E-state index is 10.9. The standard InChI is InChI=1S/C14H10N2O5/c17-14(18)8-6-10-5-7-13(15-9-10)21-12-4-2-1-3-11(12)16(19)20/h1-9H,(H,17,18)/b8-6+. The van der Waals surface area contributed by atoms with Gasteiger partial charge in [-0.25, -0.2) is 9.78 Å². The lowest BCUT2D eigenvalue weighted by molar-refractivity contribution is -0.385. The first-order valence-corrected chi connectivity index (χ1v) is 5.84. The van der Waals surface area contributed by atoms with Crippen molar-refractivity contribution >= 4 is 17.7 Å². The van der Waals surface area contributed by atoms with Crippen LogP contribution in [-0.2, 0) is 4.79 Å². The third kappa shape index (κ3) is 3.87. The van der Waals surface area contributed by atoms with Crippen molar-refractivity contribution in [1.82, 2.24) is 4.98 Å². The zero-order chi connectivity index (χ0) is 15.2. The van der Waals surface area contributed by atoms with Crippen molar-refractivity contribution in [3.8, 4) is 11.6 Å². The fraction of sp³-hybridized carbons (Fsp3) is 0. The third-order valence-corrected chi connectivity index (χ3v) is 2.45. The minimum Gasteiger partial charge on any atom is -0.478 e. The van der Waals surface area contributed by atoms with Crippen LogP contribution in [0.5, 0.6) is 11.6 Å². The zero-order valence-corrected chi connectivity index (χ0v) is 10.7. The summed E-state index contributed by atoms with van der Waals surface area (Å²) in [6.07, 6.45) is 3.77. The molecule has 2 rings (SSSR count). The van der Waals surface area contributed by atoms with Crippen LogP contribution in [0.1, 0.15) is 5.56 Å². The minimum absolute atomic E-state index is 0.0869. The van der Waals surface area contributed by atoms with Gasteiger partial charge in [0.1, 0.15) is 0 Å². The van der Waals surface area contributed by atoms with Gasteiger partial charge in [-0.1, -0.05) is 12.1 Å². The molecule has 0 spiro atoms. The molecule has 0 atom stereocenters. The second-order valence-electron chi connectivity index (χ2n) is 3.93. The summed E-state index contributed by atoms with van der Waals surface area (Å²) in [4.78, 5) is 24.7. The number of nitrogens with zero attached hydrogens (tertiary/aromatic N) is 2. The predicted octanol–water partition coefficient (Wildman–Crippen LogP) is 2.88. The molecule has 0 radical (unpaired) electrons. The van der Waals surface area contributed by atoms with Crippen molar-refractivity contribution in [3.63, 3.8) is 0 Å². The monoisotopic (exact) mass is 286 g/mol. The third-order valence-electron chi connectivity index (χ3n) is 2.45. The number of aromatic nitrogens is 1. The Morgan fingerprint density at radius 3 is 2.67 bits per heavy atom. The number of aliphatic carboxylic acids is 1. The van der Waals surface area contributed by atoms with Gasteiger partial charge in [-0.2, -0.15) is 0 Å². The maximum Gasteiger partial charge on any atom is 0.328 e. The molecular weight excluding hydrogens is 276 g/mol. The summed E-state index contributed by atoms with van der Waals surface area (Å²) in [7, 11) is 0. The summed E-state index contributed by atoms with van der Waals surface area (Å²) in [5, 5.41) is 19.4. The van der Waals surface area contributed by atoms with Crippen LogP contribution >= 0.6 is 0 Å². The Labute approximate surface area is 119 Å².